The van der Waals surface area contributed by atoms with Crippen LogP contribution < -0.4 is 0 Å². The first-order valence-corrected chi connectivity index (χ1v) is 19.3. The van der Waals surface area contributed by atoms with Crippen molar-refractivity contribution >= 4 is 43.6 Å². The van der Waals surface area contributed by atoms with E-state index in [9.17, 15) is 0 Å². The van der Waals surface area contributed by atoms with Crippen molar-refractivity contribution in [1.82, 2.24) is 24.1 Å². The number of aromatic nitrogens is 5. The van der Waals surface area contributed by atoms with Gasteiger partial charge in [-0.3, -0.25) is 0 Å². The molecule has 0 aliphatic carbocycles. The summed E-state index contributed by atoms with van der Waals surface area (Å²) in [5, 5.41) is 4.94. The molecule has 0 fully saturated rings. The van der Waals surface area contributed by atoms with Gasteiger partial charge in [-0.15, -0.1) is 0 Å². The predicted molar refractivity (Wildman–Crippen MR) is 235 cm³/mol. The van der Waals surface area contributed by atoms with Crippen LogP contribution >= 0.6 is 0 Å². The van der Waals surface area contributed by atoms with E-state index in [0.717, 1.165) is 33.6 Å². The zero-order valence-electron chi connectivity index (χ0n) is 31.2. The maximum absolute atomic E-state index is 4.98. The highest BCUT2D eigenvalue weighted by atomic mass is 15.0. The first-order chi connectivity index (χ1) is 28.2. The summed E-state index contributed by atoms with van der Waals surface area (Å²) in [7, 11) is 0. The van der Waals surface area contributed by atoms with E-state index < -0.39 is 0 Å². The van der Waals surface area contributed by atoms with Crippen molar-refractivity contribution < 1.29 is 0 Å². The van der Waals surface area contributed by atoms with Gasteiger partial charge in [0.05, 0.1) is 22.1 Å². The molecule has 0 aliphatic rings. The van der Waals surface area contributed by atoms with Gasteiger partial charge in [-0.1, -0.05) is 127 Å². The zero-order valence-corrected chi connectivity index (χ0v) is 31.2. The van der Waals surface area contributed by atoms with Crippen molar-refractivity contribution in [3.05, 3.63) is 200 Å². The average molecular weight is 730 g/mol. The van der Waals surface area contributed by atoms with Gasteiger partial charge in [-0.25, -0.2) is 15.0 Å². The van der Waals surface area contributed by atoms with E-state index in [2.05, 4.69) is 150 Å². The number of hydrogen-bond donors (Lipinski definition) is 0. The Balaban J connectivity index is 1.04. The predicted octanol–water partition coefficient (Wildman–Crippen LogP) is 13.0. The molecular formula is C52H35N5. The van der Waals surface area contributed by atoms with Crippen LogP contribution in [0.4, 0.5) is 0 Å². The fourth-order valence-corrected chi connectivity index (χ4v) is 8.30. The van der Waals surface area contributed by atoms with Crippen molar-refractivity contribution in [3.63, 3.8) is 0 Å². The molecule has 0 spiro atoms. The number of fused-ring (bicyclic) bond motifs is 6. The molecule has 0 radical (unpaired) electrons. The Hall–Kier alpha value is -7.63. The Morgan fingerprint density at radius 2 is 0.737 bits per heavy atom. The fourth-order valence-electron chi connectivity index (χ4n) is 8.30. The summed E-state index contributed by atoms with van der Waals surface area (Å²) in [5.74, 6) is 1.94. The van der Waals surface area contributed by atoms with Gasteiger partial charge >= 0.3 is 0 Å². The maximum atomic E-state index is 4.98. The van der Waals surface area contributed by atoms with E-state index in [1.165, 1.54) is 54.8 Å². The minimum Gasteiger partial charge on any atom is -0.309 e. The van der Waals surface area contributed by atoms with Crippen molar-refractivity contribution in [2.75, 3.05) is 0 Å². The second kappa shape index (κ2) is 13.3. The van der Waals surface area contributed by atoms with E-state index >= 15 is 0 Å². The molecule has 0 aliphatic heterocycles. The summed E-state index contributed by atoms with van der Waals surface area (Å²) in [6.45, 7) is 2.16. The molecule has 0 amide bonds. The Morgan fingerprint density at radius 1 is 0.298 bits per heavy atom. The smallest absolute Gasteiger partial charge is 0.164 e. The molecule has 268 valence electrons. The van der Waals surface area contributed by atoms with E-state index in [1.807, 2.05) is 60.7 Å². The molecule has 11 rings (SSSR count). The number of para-hydroxylation sites is 2. The van der Waals surface area contributed by atoms with Crippen LogP contribution in [-0.4, -0.2) is 24.1 Å². The van der Waals surface area contributed by atoms with Crippen LogP contribution in [0, 0.1) is 6.92 Å². The summed E-state index contributed by atoms with van der Waals surface area (Å²) in [6.07, 6.45) is 0. The quantitative estimate of drug-likeness (QED) is 0.171. The molecule has 0 atom stereocenters. The lowest BCUT2D eigenvalue weighted by atomic mass is 10.0. The lowest BCUT2D eigenvalue weighted by molar-refractivity contribution is 1.07. The van der Waals surface area contributed by atoms with Gasteiger partial charge in [0.25, 0.3) is 0 Å². The summed E-state index contributed by atoms with van der Waals surface area (Å²) in [5.41, 5.74) is 13.4. The molecule has 57 heavy (non-hydrogen) atoms. The van der Waals surface area contributed by atoms with Crippen LogP contribution in [0.3, 0.4) is 0 Å². The Labute approximate surface area is 329 Å². The third kappa shape index (κ3) is 5.59. The molecule has 0 saturated heterocycles. The van der Waals surface area contributed by atoms with Gasteiger partial charge in [0, 0.05) is 49.6 Å². The van der Waals surface area contributed by atoms with Crippen molar-refractivity contribution in [2.45, 2.75) is 6.92 Å². The van der Waals surface area contributed by atoms with Crippen LogP contribution in [0.5, 0.6) is 0 Å². The third-order valence-electron chi connectivity index (χ3n) is 11.0. The molecule has 11 aromatic rings. The SMILES string of the molecule is Cc1ccc2c(c1)c1ccc(-c3ccc4c(c3)c3ccccc3n4-c3ccccc3)cc1n2-c1ccc(-c2nc(-c3ccccc3)nc(-c3ccccc3)n2)cc1. The lowest BCUT2D eigenvalue weighted by Crippen LogP contribution is -2.00. The molecule has 5 nitrogen and oxygen atoms in total. The molecule has 0 N–H and O–H groups in total. The monoisotopic (exact) mass is 729 g/mol. The Bertz CT molecular complexity index is 3210. The second-order valence-corrected chi connectivity index (χ2v) is 14.6. The van der Waals surface area contributed by atoms with Crippen LogP contribution in [0.2, 0.25) is 0 Å². The van der Waals surface area contributed by atoms with Crippen LogP contribution in [0.15, 0.2) is 194 Å². The minimum atomic E-state index is 0.637. The topological polar surface area (TPSA) is 48.5 Å². The fraction of sp³-hybridized carbons (Fsp3) is 0.0192. The summed E-state index contributed by atoms with van der Waals surface area (Å²) >= 11 is 0. The van der Waals surface area contributed by atoms with Crippen LogP contribution in [0.25, 0.3) is 100 Å². The normalized spacial score (nSPS) is 11.6. The van der Waals surface area contributed by atoms with Gasteiger partial charge in [0.15, 0.2) is 17.5 Å². The number of hydrogen-bond acceptors (Lipinski definition) is 3. The average Bonchev–Trinajstić information content (AvgIpc) is 3.79. The Kier molecular flexibility index (Phi) is 7.64. The van der Waals surface area contributed by atoms with Gasteiger partial charge < -0.3 is 9.13 Å². The van der Waals surface area contributed by atoms with Crippen molar-refractivity contribution in [1.29, 1.82) is 0 Å². The minimum absolute atomic E-state index is 0.637. The standard InChI is InChI=1S/C52H35N5/c1-34-21-29-47-44(31-34)43-28-24-39(38-25-30-48-45(32-38)42-19-11-12-20-46(42)56(48)40-17-9-4-10-18-40)33-49(43)57(47)41-26-22-37(23-27-41)52-54-50(35-13-5-2-6-14-35)53-51(55-52)36-15-7-3-8-16-36/h2-33H,1H3. The van der Waals surface area contributed by atoms with E-state index in [4.69, 9.17) is 15.0 Å². The highest BCUT2D eigenvalue weighted by Gasteiger charge is 2.18. The molecule has 0 unspecified atom stereocenters. The third-order valence-corrected chi connectivity index (χ3v) is 11.0. The van der Waals surface area contributed by atoms with Gasteiger partial charge in [-0.2, -0.15) is 0 Å². The molecular weight excluding hydrogens is 695 g/mol. The van der Waals surface area contributed by atoms with E-state index in [-0.39, 0.29) is 0 Å². The van der Waals surface area contributed by atoms with Crippen LogP contribution in [-0.2, 0) is 0 Å². The molecule has 8 aromatic carbocycles. The number of aryl methyl sites for hydroxylation is 1. The summed E-state index contributed by atoms with van der Waals surface area (Å²) in [6, 6.07) is 68.7. The number of benzene rings is 8. The maximum Gasteiger partial charge on any atom is 0.164 e. The van der Waals surface area contributed by atoms with Gasteiger partial charge in [0.2, 0.25) is 0 Å². The molecule has 3 heterocycles. The van der Waals surface area contributed by atoms with Crippen molar-refractivity contribution in [2.24, 2.45) is 0 Å². The van der Waals surface area contributed by atoms with Crippen LogP contribution in [0.1, 0.15) is 5.56 Å². The summed E-state index contributed by atoms with van der Waals surface area (Å²) in [4.78, 5) is 14.8. The van der Waals surface area contributed by atoms with Crippen molar-refractivity contribution in [3.8, 4) is 56.7 Å². The highest BCUT2D eigenvalue weighted by molar-refractivity contribution is 6.12. The summed E-state index contributed by atoms with van der Waals surface area (Å²) < 4.78 is 4.75. The highest BCUT2D eigenvalue weighted by Crippen LogP contribution is 2.39. The number of nitrogens with zero attached hydrogens (tertiary/aromatic N) is 5. The van der Waals surface area contributed by atoms with E-state index in [1.54, 1.807) is 0 Å². The molecule has 0 saturated carbocycles. The van der Waals surface area contributed by atoms with Gasteiger partial charge in [0.1, 0.15) is 0 Å². The Morgan fingerprint density at radius 3 is 1.40 bits per heavy atom. The first-order valence-electron chi connectivity index (χ1n) is 19.3. The zero-order chi connectivity index (χ0) is 37.9. The largest absolute Gasteiger partial charge is 0.309 e. The molecule has 3 aromatic heterocycles. The van der Waals surface area contributed by atoms with Gasteiger partial charge in [-0.05, 0) is 90.8 Å². The lowest BCUT2D eigenvalue weighted by Gasteiger charge is -2.11. The van der Waals surface area contributed by atoms with E-state index in [0.29, 0.717) is 17.5 Å². The first kappa shape index (κ1) is 32.8. The number of rotatable bonds is 6. The second-order valence-electron chi connectivity index (χ2n) is 14.6. The molecule has 5 heteroatoms. The molecule has 0 bridgehead atoms.